The number of hydrogen-bond acceptors (Lipinski definition) is 12. The Kier molecular flexibility index (Phi) is 10.8. The number of rotatable bonds is 10. The van der Waals surface area contributed by atoms with Gasteiger partial charge in [0.1, 0.15) is 18.5 Å². The van der Waals surface area contributed by atoms with Crippen LogP contribution in [0.15, 0.2) is 60.7 Å². The first-order chi connectivity index (χ1) is 21.8. The monoisotopic (exact) mass is 636 g/mol. The molecule has 4 rings (SSSR count). The van der Waals surface area contributed by atoms with Crippen LogP contribution >= 0.6 is 0 Å². The zero-order chi connectivity index (χ0) is 33.6. The van der Waals surface area contributed by atoms with Crippen LogP contribution < -0.4 is 4.74 Å². The molecule has 3 aliphatic rings. The molecule has 5 unspecified atom stereocenters. The van der Waals surface area contributed by atoms with E-state index >= 15 is 0 Å². The third-order valence-corrected chi connectivity index (χ3v) is 7.21. The third-order valence-electron chi connectivity index (χ3n) is 7.21. The van der Waals surface area contributed by atoms with Crippen molar-refractivity contribution in [1.82, 2.24) is 0 Å². The predicted molar refractivity (Wildman–Crippen MR) is 160 cm³/mol. The lowest BCUT2D eigenvalue weighted by Crippen LogP contribution is -2.67. The average molecular weight is 637 g/mol. The second kappa shape index (κ2) is 14.5. The van der Waals surface area contributed by atoms with Crippen LogP contribution in [0, 0.1) is 0 Å². The van der Waals surface area contributed by atoms with Gasteiger partial charge in [-0.3, -0.25) is 24.0 Å². The molecule has 0 spiro atoms. The summed E-state index contributed by atoms with van der Waals surface area (Å²) in [6.45, 7) is 5.29. The second-order valence-electron chi connectivity index (χ2n) is 10.8. The van der Waals surface area contributed by atoms with E-state index in [0.717, 1.165) is 43.0 Å². The molecule has 1 aromatic rings. The molecule has 0 radical (unpaired) electrons. The van der Waals surface area contributed by atoms with Crippen LogP contribution in [0.1, 0.15) is 51.3 Å². The van der Waals surface area contributed by atoms with Crippen molar-refractivity contribution in [3.8, 4) is 16.9 Å². The fourth-order valence-electron chi connectivity index (χ4n) is 5.58. The van der Waals surface area contributed by atoms with Crippen molar-refractivity contribution in [3.05, 3.63) is 77.4 Å². The summed E-state index contributed by atoms with van der Waals surface area (Å²) in [7, 11) is 1.25. The Morgan fingerprint density at radius 3 is 1.85 bits per heavy atom. The molecule has 12 nitrogen and oxygen atoms in total. The number of hydrogen-bond donors (Lipinski definition) is 0. The fourth-order valence-corrected chi connectivity index (χ4v) is 5.58. The van der Waals surface area contributed by atoms with Crippen LogP contribution in [-0.4, -0.2) is 68.0 Å². The van der Waals surface area contributed by atoms with Gasteiger partial charge in [0.2, 0.25) is 11.9 Å². The molecule has 46 heavy (non-hydrogen) atoms. The van der Waals surface area contributed by atoms with Gasteiger partial charge >= 0.3 is 29.8 Å². The van der Waals surface area contributed by atoms with E-state index in [0.29, 0.717) is 6.42 Å². The van der Waals surface area contributed by atoms with Gasteiger partial charge in [0.15, 0.2) is 12.2 Å². The number of carbonyl (C=O) groups is 5. The minimum absolute atomic E-state index is 0.00584. The third kappa shape index (κ3) is 7.88. The van der Waals surface area contributed by atoms with Gasteiger partial charge in [-0.05, 0) is 40.8 Å². The maximum absolute atomic E-state index is 12.5. The first kappa shape index (κ1) is 34.1. The maximum Gasteiger partial charge on any atom is 0.308 e. The Morgan fingerprint density at radius 1 is 0.696 bits per heavy atom. The number of ether oxygens (including phenoxy) is 7. The summed E-state index contributed by atoms with van der Waals surface area (Å²) in [5.74, 6) is -5.87. The highest BCUT2D eigenvalue weighted by Crippen LogP contribution is 2.47. The molecule has 2 aliphatic carbocycles. The Hall–Kier alpha value is -4.81. The van der Waals surface area contributed by atoms with Crippen molar-refractivity contribution in [1.29, 1.82) is 0 Å². The largest absolute Gasteiger partial charge is 0.463 e. The standard InChI is InChI=1S/C34H36O12/c1-19(35)41-18-30-31(43-21(3)37)32(44-22(4)38)33(45-23(5)39)34(40-6,46-30)28-17-24(12-13-29(28)42-20(2)36)14-25-15-26-10-8-7-9-11-27(26)16-25/h7-13,15-17,30-33H,14,18H2,1-6H3. The van der Waals surface area contributed by atoms with E-state index in [1.54, 1.807) is 18.2 Å². The van der Waals surface area contributed by atoms with E-state index in [-0.39, 0.29) is 11.3 Å². The lowest BCUT2D eigenvalue weighted by molar-refractivity contribution is -0.368. The van der Waals surface area contributed by atoms with Gasteiger partial charge in [-0.2, -0.15) is 0 Å². The number of esters is 5. The molecule has 0 N–H and O–H groups in total. The molecule has 1 saturated heterocycles. The summed E-state index contributed by atoms with van der Waals surface area (Å²) < 4.78 is 40.1. The normalized spacial score (nSPS) is 22.4. The van der Waals surface area contributed by atoms with Gasteiger partial charge in [0, 0.05) is 41.7 Å². The van der Waals surface area contributed by atoms with Crippen molar-refractivity contribution < 1.29 is 57.1 Å². The number of fused-ring (bicyclic) bond motifs is 1. The fraction of sp³-hybridized carbons (Fsp3) is 0.382. The van der Waals surface area contributed by atoms with Crippen LogP contribution in [0.4, 0.5) is 0 Å². The minimum atomic E-state index is -2.14. The maximum atomic E-state index is 12.5. The van der Waals surface area contributed by atoms with Crippen molar-refractivity contribution in [2.45, 2.75) is 71.2 Å². The molecule has 1 aliphatic heterocycles. The van der Waals surface area contributed by atoms with Crippen molar-refractivity contribution in [2.75, 3.05) is 13.7 Å². The smallest absolute Gasteiger partial charge is 0.308 e. The zero-order valence-electron chi connectivity index (χ0n) is 26.4. The predicted octanol–water partition coefficient (Wildman–Crippen LogP) is 3.86. The van der Waals surface area contributed by atoms with E-state index in [4.69, 9.17) is 33.2 Å². The van der Waals surface area contributed by atoms with Gasteiger partial charge in [-0.1, -0.05) is 48.5 Å². The Labute approximate surface area is 266 Å². The molecule has 12 heteroatoms. The van der Waals surface area contributed by atoms with E-state index in [1.807, 2.05) is 30.3 Å². The summed E-state index contributed by atoms with van der Waals surface area (Å²) in [4.78, 5) is 61.2. The van der Waals surface area contributed by atoms with Gasteiger partial charge in [0.05, 0.1) is 5.56 Å². The highest BCUT2D eigenvalue weighted by atomic mass is 16.7. The Bertz CT molecular complexity index is 1550. The number of carbonyl (C=O) groups excluding carboxylic acids is 5. The average Bonchev–Trinajstić information content (AvgIpc) is 3.21. The number of methoxy groups -OCH3 is 1. The van der Waals surface area contributed by atoms with Crippen LogP contribution in [0.2, 0.25) is 0 Å². The topological polar surface area (TPSA) is 150 Å². The lowest BCUT2D eigenvalue weighted by atomic mass is 9.85. The van der Waals surface area contributed by atoms with Crippen LogP contribution in [-0.2, 0) is 64.6 Å². The molecule has 0 amide bonds. The first-order valence-corrected chi connectivity index (χ1v) is 14.5. The first-order valence-electron chi connectivity index (χ1n) is 14.5. The van der Waals surface area contributed by atoms with Crippen molar-refractivity contribution >= 4 is 29.8 Å². The molecule has 1 aromatic carbocycles. The van der Waals surface area contributed by atoms with Gasteiger partial charge < -0.3 is 33.2 Å². The molecule has 244 valence electrons. The summed E-state index contributed by atoms with van der Waals surface area (Å²) in [6, 6.07) is 18.9. The second-order valence-corrected chi connectivity index (χ2v) is 10.8. The Morgan fingerprint density at radius 2 is 1.30 bits per heavy atom. The molecule has 0 aromatic heterocycles. The van der Waals surface area contributed by atoms with E-state index in [9.17, 15) is 24.0 Å². The quantitative estimate of drug-likeness (QED) is 0.181. The summed E-state index contributed by atoms with van der Waals surface area (Å²) in [5.41, 5.74) is 3.91. The highest BCUT2D eigenvalue weighted by Gasteiger charge is 2.62. The van der Waals surface area contributed by atoms with Crippen LogP contribution in [0.3, 0.4) is 0 Å². The van der Waals surface area contributed by atoms with Crippen LogP contribution in [0.25, 0.3) is 11.1 Å². The van der Waals surface area contributed by atoms with Gasteiger partial charge in [-0.15, -0.1) is 0 Å². The van der Waals surface area contributed by atoms with Crippen molar-refractivity contribution in [2.24, 2.45) is 0 Å². The molecule has 0 bridgehead atoms. The Balaban J connectivity index is 1.92. The molecular weight excluding hydrogens is 600 g/mol. The molecule has 1 fully saturated rings. The molecular formula is C34H36O12. The van der Waals surface area contributed by atoms with Gasteiger partial charge in [-0.25, -0.2) is 0 Å². The number of benzene rings is 1. The molecule has 0 saturated carbocycles. The lowest BCUT2D eigenvalue weighted by Gasteiger charge is -2.50. The summed E-state index contributed by atoms with van der Waals surface area (Å²) >= 11 is 0. The van der Waals surface area contributed by atoms with E-state index in [1.165, 1.54) is 21.0 Å². The zero-order valence-corrected chi connectivity index (χ0v) is 26.4. The summed E-state index contributed by atoms with van der Waals surface area (Å²) in [6.07, 6.45) is -5.41. The SMILES string of the molecule is COC1(c2cc(Cc3cc4cccccc-4c3)ccc2OC(C)=O)OC(COC(C)=O)C(OC(C)=O)C(OC(C)=O)C1OC(C)=O. The summed E-state index contributed by atoms with van der Waals surface area (Å²) in [5, 5.41) is 0. The van der Waals surface area contributed by atoms with Crippen LogP contribution in [0.5, 0.6) is 5.75 Å². The van der Waals surface area contributed by atoms with Gasteiger partial charge in [0.25, 0.3) is 0 Å². The molecule has 1 heterocycles. The molecule has 5 atom stereocenters. The highest BCUT2D eigenvalue weighted by molar-refractivity contribution is 5.71. The van der Waals surface area contributed by atoms with E-state index < -0.39 is 66.7 Å². The minimum Gasteiger partial charge on any atom is -0.463 e. The van der Waals surface area contributed by atoms with Crippen molar-refractivity contribution in [3.63, 3.8) is 0 Å². The van der Waals surface area contributed by atoms with E-state index in [2.05, 4.69) is 12.1 Å².